The molecule has 2 N–H and O–H groups in total. The van der Waals surface area contributed by atoms with Crippen LogP contribution in [-0.2, 0) is 23.1 Å². The van der Waals surface area contributed by atoms with Gasteiger partial charge in [-0.25, -0.2) is 13.2 Å². The second kappa shape index (κ2) is 11.5. The Bertz CT molecular complexity index is 1080. The van der Waals surface area contributed by atoms with Crippen LogP contribution in [0.4, 0.5) is 19.3 Å². The highest BCUT2D eigenvalue weighted by molar-refractivity contribution is 7.89. The number of hydrogen-bond acceptors (Lipinski definition) is 6. The molecule has 2 aromatic rings. The fraction of sp³-hybridized carbons (Fsp3) is 0.455. The molecule has 2 heterocycles. The van der Waals surface area contributed by atoms with E-state index in [1.807, 2.05) is 11.8 Å². The number of nitrogens with zero attached hydrogens (tertiary/aromatic N) is 3. The van der Waals surface area contributed by atoms with Crippen molar-refractivity contribution in [3.05, 3.63) is 53.3 Å². The van der Waals surface area contributed by atoms with Gasteiger partial charge in [-0.05, 0) is 43.7 Å². The highest BCUT2D eigenvalue weighted by Gasteiger charge is 2.26. The molecule has 3 rings (SSSR count). The highest BCUT2D eigenvalue weighted by Crippen LogP contribution is 2.25. The van der Waals surface area contributed by atoms with Gasteiger partial charge in [-0.15, -0.1) is 0 Å². The van der Waals surface area contributed by atoms with Gasteiger partial charge in [-0.1, -0.05) is 6.07 Å². The third-order valence-corrected chi connectivity index (χ3v) is 7.33. The number of benzene rings is 1. The second-order valence-electron chi connectivity index (χ2n) is 7.89. The molecule has 12 heteroatoms. The quantitative estimate of drug-likeness (QED) is 0.552. The summed E-state index contributed by atoms with van der Waals surface area (Å²) in [5.74, 6) is 0.0974. The van der Waals surface area contributed by atoms with Crippen LogP contribution in [0, 0.1) is 6.92 Å². The van der Waals surface area contributed by atoms with Gasteiger partial charge in [-0.2, -0.15) is 13.1 Å². The molecule has 9 nitrogen and oxygen atoms in total. The zero-order valence-corrected chi connectivity index (χ0v) is 19.9. The molecule has 1 saturated heterocycles. The Hall–Kier alpha value is -2.83. The number of alkyl halides is 2. The number of piperazine rings is 1. The molecule has 0 spiro atoms. The number of carbonyl (C=O) groups is 1. The number of nitrogens with one attached hydrogen (secondary N) is 2. The van der Waals surface area contributed by atoms with Crippen LogP contribution in [0.2, 0.25) is 0 Å². The summed E-state index contributed by atoms with van der Waals surface area (Å²) < 4.78 is 56.1. The zero-order chi connectivity index (χ0) is 24.7. The molecule has 0 saturated carbocycles. The third-order valence-electron chi connectivity index (χ3n) is 5.45. The smallest absolute Gasteiger partial charge is 0.387 e. The number of urea groups is 1. The van der Waals surface area contributed by atoms with Crippen molar-refractivity contribution < 1.29 is 26.7 Å². The Labute approximate surface area is 198 Å². The average molecular weight is 498 g/mol. The summed E-state index contributed by atoms with van der Waals surface area (Å²) in [4.78, 5) is 18.3. The first kappa shape index (κ1) is 25.8. The number of rotatable bonds is 9. The van der Waals surface area contributed by atoms with Crippen molar-refractivity contribution in [3.8, 4) is 5.75 Å². The van der Waals surface area contributed by atoms with Gasteiger partial charge in [-0.3, -0.25) is 9.88 Å². The van der Waals surface area contributed by atoms with Crippen molar-refractivity contribution in [2.45, 2.75) is 33.5 Å². The van der Waals surface area contributed by atoms with Crippen LogP contribution in [0.15, 0.2) is 36.5 Å². The summed E-state index contributed by atoms with van der Waals surface area (Å²) in [6.07, 6.45) is 1.55. The molecule has 186 valence electrons. The largest absolute Gasteiger partial charge is 0.434 e. The normalized spacial score (nSPS) is 15.3. The maximum Gasteiger partial charge on any atom is 0.387 e. The molecule has 1 aliphatic heterocycles. The summed E-state index contributed by atoms with van der Waals surface area (Å²) in [5, 5.41) is 5.41. The average Bonchev–Trinajstić information content (AvgIpc) is 2.81. The van der Waals surface area contributed by atoms with Crippen molar-refractivity contribution in [1.82, 2.24) is 19.5 Å². The highest BCUT2D eigenvalue weighted by atomic mass is 32.2. The van der Waals surface area contributed by atoms with E-state index in [4.69, 9.17) is 0 Å². The molecule has 1 aromatic heterocycles. The van der Waals surface area contributed by atoms with E-state index in [2.05, 4.69) is 20.4 Å². The summed E-state index contributed by atoms with van der Waals surface area (Å²) in [6, 6.07) is 7.87. The predicted molar refractivity (Wildman–Crippen MR) is 124 cm³/mol. The summed E-state index contributed by atoms with van der Waals surface area (Å²) in [7, 11) is -3.26. The van der Waals surface area contributed by atoms with Gasteiger partial charge in [0.25, 0.3) is 0 Å². The molecule has 1 fully saturated rings. The minimum absolute atomic E-state index is 0.0441. The number of ether oxygens (including phenoxy) is 1. The third kappa shape index (κ3) is 7.34. The van der Waals surface area contributed by atoms with Gasteiger partial charge in [0.15, 0.2) is 0 Å². The van der Waals surface area contributed by atoms with Crippen LogP contribution < -0.4 is 15.4 Å². The van der Waals surface area contributed by atoms with Gasteiger partial charge < -0.3 is 15.4 Å². The van der Waals surface area contributed by atoms with Crippen LogP contribution in [-0.4, -0.2) is 67.2 Å². The van der Waals surface area contributed by atoms with Crippen LogP contribution in [0.1, 0.15) is 23.7 Å². The number of halogens is 2. The number of carbonyl (C=O) groups excluding carboxylic acids is 1. The van der Waals surface area contributed by atoms with E-state index in [1.165, 1.54) is 10.4 Å². The Morgan fingerprint density at radius 1 is 1.18 bits per heavy atom. The number of sulfonamides is 1. The van der Waals surface area contributed by atoms with E-state index < -0.39 is 22.7 Å². The van der Waals surface area contributed by atoms with Crippen LogP contribution in [0.3, 0.4) is 0 Å². The minimum Gasteiger partial charge on any atom is -0.434 e. The molecule has 1 aliphatic rings. The molecule has 34 heavy (non-hydrogen) atoms. The second-order valence-corrected chi connectivity index (χ2v) is 10.1. The van der Waals surface area contributed by atoms with E-state index in [1.54, 1.807) is 37.4 Å². The SMILES string of the molecule is CCS(=O)(=O)N1CCN(Cc2cc(CNC(=O)Nc3ccc(C)nc3)ccc2OC(F)F)CC1. The number of amides is 2. The number of hydrogen-bond donors (Lipinski definition) is 2. The maximum atomic E-state index is 12.9. The Balaban J connectivity index is 1.63. The summed E-state index contributed by atoms with van der Waals surface area (Å²) >= 11 is 0. The molecule has 2 amide bonds. The Morgan fingerprint density at radius 2 is 1.91 bits per heavy atom. The molecule has 0 unspecified atom stereocenters. The van der Waals surface area contributed by atoms with Gasteiger partial charge in [0.05, 0.1) is 17.6 Å². The lowest BCUT2D eigenvalue weighted by Crippen LogP contribution is -2.48. The van der Waals surface area contributed by atoms with Crippen LogP contribution in [0.5, 0.6) is 5.75 Å². The van der Waals surface area contributed by atoms with Crippen molar-refractivity contribution in [2.24, 2.45) is 0 Å². The van der Waals surface area contributed by atoms with Gasteiger partial charge in [0, 0.05) is 50.5 Å². The van der Waals surface area contributed by atoms with E-state index in [0.29, 0.717) is 49.5 Å². The summed E-state index contributed by atoms with van der Waals surface area (Å²) in [6.45, 7) is 2.61. The minimum atomic E-state index is -3.26. The first-order valence-corrected chi connectivity index (χ1v) is 12.5. The van der Waals surface area contributed by atoms with Crippen LogP contribution in [0.25, 0.3) is 0 Å². The Kier molecular flexibility index (Phi) is 8.75. The standard InChI is InChI=1S/C22H29F2N5O4S/c1-3-34(31,32)29-10-8-28(9-11-29)15-18-12-17(5-7-20(18)33-21(23)24)13-26-22(30)27-19-6-4-16(2)25-14-19/h4-7,12,14,21H,3,8-11,13,15H2,1-2H3,(H2,26,27,30). The number of anilines is 1. The lowest BCUT2D eigenvalue weighted by Gasteiger charge is -2.34. The van der Waals surface area contributed by atoms with Crippen molar-refractivity contribution in [3.63, 3.8) is 0 Å². The van der Waals surface area contributed by atoms with Gasteiger partial charge in [0.1, 0.15) is 5.75 Å². The van der Waals surface area contributed by atoms with E-state index in [9.17, 15) is 22.0 Å². The lowest BCUT2D eigenvalue weighted by molar-refractivity contribution is -0.0508. The zero-order valence-electron chi connectivity index (χ0n) is 19.1. The van der Waals surface area contributed by atoms with E-state index in [-0.39, 0.29) is 18.0 Å². The monoisotopic (exact) mass is 497 g/mol. The number of aromatic nitrogens is 1. The fourth-order valence-electron chi connectivity index (χ4n) is 3.57. The van der Waals surface area contributed by atoms with Crippen LogP contribution >= 0.6 is 0 Å². The molecule has 0 aliphatic carbocycles. The predicted octanol–water partition coefficient (Wildman–Crippen LogP) is 2.78. The van der Waals surface area contributed by atoms with Gasteiger partial charge >= 0.3 is 12.6 Å². The fourth-order valence-corrected chi connectivity index (χ4v) is 4.65. The van der Waals surface area contributed by atoms with Crippen molar-refractivity contribution in [2.75, 3.05) is 37.2 Å². The Morgan fingerprint density at radius 3 is 2.53 bits per heavy atom. The maximum absolute atomic E-state index is 12.9. The summed E-state index contributed by atoms with van der Waals surface area (Å²) in [5.41, 5.74) is 2.63. The van der Waals surface area contributed by atoms with E-state index >= 15 is 0 Å². The topological polar surface area (TPSA) is 104 Å². The lowest BCUT2D eigenvalue weighted by atomic mass is 10.1. The first-order valence-electron chi connectivity index (χ1n) is 10.9. The molecule has 1 aromatic carbocycles. The number of pyridine rings is 1. The molecule has 0 bridgehead atoms. The molecular formula is C22H29F2N5O4S. The molecule has 0 radical (unpaired) electrons. The van der Waals surface area contributed by atoms with E-state index in [0.717, 1.165) is 5.69 Å². The first-order chi connectivity index (χ1) is 16.2. The molecule has 0 atom stereocenters. The van der Waals surface area contributed by atoms with Crippen molar-refractivity contribution >= 4 is 21.7 Å². The van der Waals surface area contributed by atoms with Gasteiger partial charge in [0.2, 0.25) is 10.0 Å². The number of aryl methyl sites for hydroxylation is 1. The molecular weight excluding hydrogens is 468 g/mol. The van der Waals surface area contributed by atoms with Crippen molar-refractivity contribution in [1.29, 1.82) is 0 Å².